The second-order valence-corrected chi connectivity index (χ2v) is 7.26. The Bertz CT molecular complexity index is 803. The number of hydrogen-bond donors (Lipinski definition) is 4. The molecule has 2 aromatic rings. The molecule has 1 saturated heterocycles. The Morgan fingerprint density at radius 3 is 2.63 bits per heavy atom. The molecule has 0 unspecified atom stereocenters. The summed E-state index contributed by atoms with van der Waals surface area (Å²) in [6.07, 6.45) is 3.43. The van der Waals surface area contributed by atoms with Gasteiger partial charge in [0.05, 0.1) is 25.2 Å². The highest BCUT2D eigenvalue weighted by molar-refractivity contribution is 5.89. The fourth-order valence-corrected chi connectivity index (χ4v) is 3.47. The van der Waals surface area contributed by atoms with E-state index >= 15 is 0 Å². The monoisotopic (exact) mass is 412 g/mol. The number of pyridine rings is 1. The molecule has 3 amide bonds. The first-order valence-corrected chi connectivity index (χ1v) is 10.2. The molecule has 8 nitrogen and oxygen atoms in total. The van der Waals surface area contributed by atoms with Crippen LogP contribution >= 0.6 is 0 Å². The molecule has 3 atom stereocenters. The van der Waals surface area contributed by atoms with Gasteiger partial charge in [0.1, 0.15) is 6.10 Å². The van der Waals surface area contributed by atoms with Gasteiger partial charge in [-0.2, -0.15) is 0 Å². The fourth-order valence-electron chi connectivity index (χ4n) is 3.47. The van der Waals surface area contributed by atoms with Gasteiger partial charge in [0.25, 0.3) is 0 Å². The number of carbonyl (C=O) groups is 2. The van der Waals surface area contributed by atoms with E-state index in [1.807, 2.05) is 36.4 Å². The molecule has 1 aromatic heterocycles. The van der Waals surface area contributed by atoms with Crippen LogP contribution in [0.2, 0.25) is 0 Å². The van der Waals surface area contributed by atoms with Gasteiger partial charge >= 0.3 is 6.03 Å². The Balaban J connectivity index is 1.38. The molecular formula is C22H28N4O4. The van der Waals surface area contributed by atoms with Gasteiger partial charge in [-0.25, -0.2) is 4.79 Å². The quantitative estimate of drug-likeness (QED) is 0.529. The Morgan fingerprint density at radius 1 is 1.10 bits per heavy atom. The van der Waals surface area contributed by atoms with E-state index in [1.54, 1.807) is 18.3 Å². The van der Waals surface area contributed by atoms with Crippen LogP contribution in [0, 0.1) is 0 Å². The molecule has 160 valence electrons. The predicted molar refractivity (Wildman–Crippen MR) is 113 cm³/mol. The minimum absolute atomic E-state index is 0.0764. The number of urea groups is 1. The molecule has 1 aromatic carbocycles. The largest absolute Gasteiger partial charge is 0.394 e. The SMILES string of the molecule is O=C(Cc1ccccn1)NCC[C@H]1CC[C@H](NC(=O)Nc2ccccc2)[C@@H](CO)O1. The van der Waals surface area contributed by atoms with Crippen molar-refractivity contribution < 1.29 is 19.4 Å². The highest BCUT2D eigenvalue weighted by Gasteiger charge is 2.31. The molecule has 1 aliphatic rings. The van der Waals surface area contributed by atoms with Gasteiger partial charge in [-0.3, -0.25) is 9.78 Å². The molecular weight excluding hydrogens is 384 g/mol. The van der Waals surface area contributed by atoms with Crippen LogP contribution in [0.1, 0.15) is 25.0 Å². The standard InChI is InChI=1S/C22H28N4O4/c27-15-20-19(26-22(29)25-16-6-2-1-3-7-16)10-9-18(30-20)11-13-24-21(28)14-17-8-4-5-12-23-17/h1-8,12,18-20,27H,9-11,13-15H2,(H,24,28)(H2,25,26,29)/t18-,19+,20-/m1/s1. The molecule has 30 heavy (non-hydrogen) atoms. The first kappa shape index (κ1) is 21.7. The van der Waals surface area contributed by atoms with Crippen LogP contribution in [-0.2, 0) is 16.0 Å². The predicted octanol–water partition coefficient (Wildman–Crippen LogP) is 1.86. The third kappa shape index (κ3) is 6.82. The number of ether oxygens (including phenoxy) is 1. The number of aromatic nitrogens is 1. The molecule has 0 radical (unpaired) electrons. The van der Waals surface area contributed by atoms with Gasteiger partial charge < -0.3 is 25.8 Å². The smallest absolute Gasteiger partial charge is 0.319 e. The summed E-state index contributed by atoms with van der Waals surface area (Å²) in [6, 6.07) is 14.1. The second kappa shape index (κ2) is 11.3. The highest BCUT2D eigenvalue weighted by Crippen LogP contribution is 2.22. The number of para-hydroxylation sites is 1. The first-order valence-electron chi connectivity index (χ1n) is 10.2. The second-order valence-electron chi connectivity index (χ2n) is 7.26. The number of nitrogens with one attached hydrogen (secondary N) is 3. The summed E-state index contributed by atoms with van der Waals surface area (Å²) in [5.41, 5.74) is 1.43. The average Bonchev–Trinajstić information content (AvgIpc) is 2.76. The summed E-state index contributed by atoms with van der Waals surface area (Å²) < 4.78 is 5.94. The lowest BCUT2D eigenvalue weighted by atomic mass is 9.97. The molecule has 4 N–H and O–H groups in total. The van der Waals surface area contributed by atoms with Crippen molar-refractivity contribution in [3.05, 3.63) is 60.4 Å². The minimum atomic E-state index is -0.477. The summed E-state index contributed by atoms with van der Waals surface area (Å²) in [4.78, 5) is 28.4. The zero-order chi connectivity index (χ0) is 21.2. The molecule has 0 spiro atoms. The minimum Gasteiger partial charge on any atom is -0.394 e. The Kier molecular flexibility index (Phi) is 8.17. The lowest BCUT2D eigenvalue weighted by Crippen LogP contribution is -2.52. The van der Waals surface area contributed by atoms with E-state index in [1.165, 1.54) is 0 Å². The van der Waals surface area contributed by atoms with Crippen molar-refractivity contribution in [2.24, 2.45) is 0 Å². The van der Waals surface area contributed by atoms with Gasteiger partial charge in [-0.1, -0.05) is 24.3 Å². The summed E-state index contributed by atoms with van der Waals surface area (Å²) in [6.45, 7) is 0.305. The summed E-state index contributed by atoms with van der Waals surface area (Å²) in [5.74, 6) is -0.0830. The molecule has 3 rings (SSSR count). The van der Waals surface area contributed by atoms with E-state index in [2.05, 4.69) is 20.9 Å². The van der Waals surface area contributed by atoms with E-state index < -0.39 is 6.10 Å². The van der Waals surface area contributed by atoms with E-state index in [9.17, 15) is 14.7 Å². The Labute approximate surface area is 176 Å². The average molecular weight is 412 g/mol. The molecule has 0 aliphatic carbocycles. The maximum Gasteiger partial charge on any atom is 0.319 e. The van der Waals surface area contributed by atoms with E-state index in [0.717, 1.165) is 12.1 Å². The highest BCUT2D eigenvalue weighted by atomic mass is 16.5. The maximum atomic E-state index is 12.2. The molecule has 8 heteroatoms. The third-order valence-electron chi connectivity index (χ3n) is 5.00. The van der Waals surface area contributed by atoms with Crippen LogP contribution in [0.5, 0.6) is 0 Å². The summed E-state index contributed by atoms with van der Waals surface area (Å²) in [5, 5.41) is 18.2. The van der Waals surface area contributed by atoms with Crippen molar-refractivity contribution >= 4 is 17.6 Å². The zero-order valence-corrected chi connectivity index (χ0v) is 16.8. The van der Waals surface area contributed by atoms with Crippen LogP contribution in [0.4, 0.5) is 10.5 Å². The number of rotatable bonds is 8. The van der Waals surface area contributed by atoms with Crippen LogP contribution in [0.25, 0.3) is 0 Å². The van der Waals surface area contributed by atoms with Crippen molar-refractivity contribution in [2.45, 2.75) is 43.9 Å². The third-order valence-corrected chi connectivity index (χ3v) is 5.00. The van der Waals surface area contributed by atoms with E-state index in [0.29, 0.717) is 25.1 Å². The summed E-state index contributed by atoms with van der Waals surface area (Å²) in [7, 11) is 0. The van der Waals surface area contributed by atoms with Crippen LogP contribution in [0.15, 0.2) is 54.7 Å². The summed E-state index contributed by atoms with van der Waals surface area (Å²) >= 11 is 0. The van der Waals surface area contributed by atoms with Crippen LogP contribution in [0.3, 0.4) is 0 Å². The number of aliphatic hydroxyl groups excluding tert-OH is 1. The van der Waals surface area contributed by atoms with Crippen molar-refractivity contribution in [3.8, 4) is 0 Å². The lowest BCUT2D eigenvalue weighted by Gasteiger charge is -2.36. The number of anilines is 1. The van der Waals surface area contributed by atoms with E-state index in [-0.39, 0.29) is 37.1 Å². The molecule has 2 heterocycles. The van der Waals surface area contributed by atoms with Crippen molar-refractivity contribution in [1.29, 1.82) is 0 Å². The number of amides is 3. The fraction of sp³-hybridized carbons (Fsp3) is 0.409. The van der Waals surface area contributed by atoms with Crippen molar-refractivity contribution in [1.82, 2.24) is 15.6 Å². The maximum absolute atomic E-state index is 12.2. The zero-order valence-electron chi connectivity index (χ0n) is 16.8. The van der Waals surface area contributed by atoms with Gasteiger partial charge in [0, 0.05) is 24.1 Å². The van der Waals surface area contributed by atoms with Gasteiger partial charge in [0.2, 0.25) is 5.91 Å². The number of nitrogens with zero attached hydrogens (tertiary/aromatic N) is 1. The van der Waals surface area contributed by atoms with E-state index in [4.69, 9.17) is 4.74 Å². The number of benzene rings is 1. The first-order chi connectivity index (χ1) is 14.6. The van der Waals surface area contributed by atoms with Gasteiger partial charge in [0.15, 0.2) is 0 Å². The number of aliphatic hydroxyl groups is 1. The van der Waals surface area contributed by atoms with Crippen molar-refractivity contribution in [3.63, 3.8) is 0 Å². The Hall–Kier alpha value is -2.97. The number of hydrogen-bond acceptors (Lipinski definition) is 5. The van der Waals surface area contributed by atoms with Gasteiger partial charge in [-0.15, -0.1) is 0 Å². The molecule has 0 saturated carbocycles. The molecule has 1 aliphatic heterocycles. The van der Waals surface area contributed by atoms with Crippen molar-refractivity contribution in [2.75, 3.05) is 18.5 Å². The Morgan fingerprint density at radius 2 is 1.90 bits per heavy atom. The van der Waals surface area contributed by atoms with Gasteiger partial charge in [-0.05, 0) is 43.5 Å². The topological polar surface area (TPSA) is 113 Å². The molecule has 0 bridgehead atoms. The van der Waals surface area contributed by atoms with Crippen LogP contribution in [-0.4, -0.2) is 53.4 Å². The normalized spacial score (nSPS) is 20.9. The van der Waals surface area contributed by atoms with Crippen LogP contribution < -0.4 is 16.0 Å². The lowest BCUT2D eigenvalue weighted by molar-refractivity contribution is -0.121. The molecule has 1 fully saturated rings. The number of carbonyl (C=O) groups excluding carboxylic acids is 2.